The zero-order chi connectivity index (χ0) is 16.2. The number of benzene rings is 2. The highest BCUT2D eigenvalue weighted by atomic mass is 32.2. The van der Waals surface area contributed by atoms with Crippen LogP contribution in [0.5, 0.6) is 0 Å². The molecule has 5 nitrogen and oxygen atoms in total. The maximum Gasteiger partial charge on any atom is 0.269 e. The molecule has 0 spiro atoms. The monoisotopic (exact) mass is 325 g/mol. The lowest BCUT2D eigenvalue weighted by Crippen LogP contribution is -2.27. The van der Waals surface area contributed by atoms with E-state index in [2.05, 4.69) is 10.3 Å². The lowest BCUT2D eigenvalue weighted by Gasteiger charge is -2.10. The molecule has 116 valence electrons. The highest BCUT2D eigenvalue weighted by molar-refractivity contribution is 7.98. The minimum absolute atomic E-state index is 0.0495. The molecule has 0 saturated heterocycles. The standard InChI is InChI=1S/C17H15N3O2S/c1-23-13-8-6-12(7-9-13)19-16(21)11-20-15-5-3-2-4-14(15)18-10-17(20)22/h2-10H,11H2,1H3,(H,19,21). The quantitative estimate of drug-likeness (QED) is 0.749. The van der Waals surface area contributed by atoms with Crippen LogP contribution in [0.25, 0.3) is 11.0 Å². The largest absolute Gasteiger partial charge is 0.325 e. The summed E-state index contributed by atoms with van der Waals surface area (Å²) in [6, 6.07) is 14.8. The molecular formula is C17H15N3O2S. The van der Waals surface area contributed by atoms with Gasteiger partial charge in [0.2, 0.25) is 5.91 Å². The molecule has 1 N–H and O–H groups in total. The lowest BCUT2D eigenvalue weighted by atomic mass is 10.3. The molecule has 0 aliphatic heterocycles. The van der Waals surface area contributed by atoms with Crippen LogP contribution in [0.1, 0.15) is 0 Å². The van der Waals surface area contributed by atoms with Gasteiger partial charge in [0.05, 0.1) is 17.2 Å². The number of rotatable bonds is 4. The van der Waals surface area contributed by atoms with Gasteiger partial charge in [-0.05, 0) is 42.7 Å². The van der Waals surface area contributed by atoms with Crippen molar-refractivity contribution < 1.29 is 4.79 Å². The van der Waals surface area contributed by atoms with E-state index in [1.807, 2.05) is 48.7 Å². The van der Waals surface area contributed by atoms with Crippen LogP contribution in [-0.4, -0.2) is 21.7 Å². The summed E-state index contributed by atoms with van der Waals surface area (Å²) in [4.78, 5) is 29.5. The molecule has 2 aromatic carbocycles. The molecule has 6 heteroatoms. The number of hydrogen-bond donors (Lipinski definition) is 1. The first-order valence-corrected chi connectivity index (χ1v) is 8.28. The first kappa shape index (κ1) is 15.3. The molecule has 0 radical (unpaired) electrons. The number of aromatic nitrogens is 2. The molecule has 1 amide bonds. The zero-order valence-corrected chi connectivity index (χ0v) is 13.3. The van der Waals surface area contributed by atoms with Crippen molar-refractivity contribution in [2.24, 2.45) is 0 Å². The molecule has 1 heterocycles. The van der Waals surface area contributed by atoms with Crippen molar-refractivity contribution >= 4 is 34.4 Å². The zero-order valence-electron chi connectivity index (χ0n) is 12.5. The summed E-state index contributed by atoms with van der Waals surface area (Å²) in [5.41, 5.74) is 1.74. The minimum Gasteiger partial charge on any atom is -0.325 e. The van der Waals surface area contributed by atoms with Crippen LogP contribution in [0.15, 0.2) is 64.4 Å². The molecule has 1 aromatic heterocycles. The molecule has 0 atom stereocenters. The highest BCUT2D eigenvalue weighted by Crippen LogP contribution is 2.17. The lowest BCUT2D eigenvalue weighted by molar-refractivity contribution is -0.116. The van der Waals surface area contributed by atoms with Gasteiger partial charge < -0.3 is 5.32 Å². The summed E-state index contributed by atoms with van der Waals surface area (Å²) in [5, 5.41) is 2.81. The SMILES string of the molecule is CSc1ccc(NC(=O)Cn2c(=O)cnc3ccccc32)cc1. The van der Waals surface area contributed by atoms with Gasteiger partial charge >= 0.3 is 0 Å². The van der Waals surface area contributed by atoms with Crippen LogP contribution < -0.4 is 10.9 Å². The van der Waals surface area contributed by atoms with Gasteiger partial charge in [-0.3, -0.25) is 14.2 Å². The Labute approximate surface area is 137 Å². The van der Waals surface area contributed by atoms with Gasteiger partial charge in [0.15, 0.2) is 0 Å². The van der Waals surface area contributed by atoms with Gasteiger partial charge in [-0.2, -0.15) is 0 Å². The number of anilines is 1. The van der Waals surface area contributed by atoms with E-state index >= 15 is 0 Å². The van der Waals surface area contributed by atoms with Crippen molar-refractivity contribution in [3.05, 3.63) is 65.1 Å². The normalized spacial score (nSPS) is 10.7. The Balaban J connectivity index is 1.82. The number of amides is 1. The topological polar surface area (TPSA) is 64.0 Å². The Hall–Kier alpha value is -2.60. The number of carbonyl (C=O) groups excluding carboxylic acids is 1. The molecule has 23 heavy (non-hydrogen) atoms. The molecular weight excluding hydrogens is 310 g/mol. The molecule has 0 bridgehead atoms. The van der Waals surface area contributed by atoms with Crippen LogP contribution in [0.2, 0.25) is 0 Å². The molecule has 0 aliphatic rings. The van der Waals surface area contributed by atoms with Crippen molar-refractivity contribution in [1.82, 2.24) is 9.55 Å². The first-order chi connectivity index (χ1) is 11.2. The summed E-state index contributed by atoms with van der Waals surface area (Å²) in [6.45, 7) is -0.0495. The highest BCUT2D eigenvalue weighted by Gasteiger charge is 2.09. The number of nitrogens with one attached hydrogen (secondary N) is 1. The maximum atomic E-state index is 12.2. The maximum absolute atomic E-state index is 12.2. The van der Waals surface area contributed by atoms with E-state index in [0.29, 0.717) is 16.7 Å². The number of thioether (sulfide) groups is 1. The van der Waals surface area contributed by atoms with E-state index in [1.54, 1.807) is 17.8 Å². The average Bonchev–Trinajstić information content (AvgIpc) is 2.58. The fourth-order valence-electron chi connectivity index (χ4n) is 2.30. The number of para-hydroxylation sites is 2. The van der Waals surface area contributed by atoms with Gasteiger partial charge in [-0.15, -0.1) is 11.8 Å². The van der Waals surface area contributed by atoms with E-state index in [-0.39, 0.29) is 18.0 Å². The first-order valence-electron chi connectivity index (χ1n) is 7.06. The van der Waals surface area contributed by atoms with Crippen LogP contribution in [0, 0.1) is 0 Å². The van der Waals surface area contributed by atoms with Crippen molar-refractivity contribution in [1.29, 1.82) is 0 Å². The smallest absolute Gasteiger partial charge is 0.269 e. The summed E-state index contributed by atoms with van der Waals surface area (Å²) in [7, 11) is 0. The summed E-state index contributed by atoms with van der Waals surface area (Å²) >= 11 is 1.64. The van der Waals surface area contributed by atoms with E-state index < -0.39 is 0 Å². The van der Waals surface area contributed by atoms with E-state index in [1.165, 1.54) is 10.8 Å². The number of nitrogens with zero attached hydrogens (tertiary/aromatic N) is 2. The van der Waals surface area contributed by atoms with Gasteiger partial charge in [-0.1, -0.05) is 12.1 Å². The third kappa shape index (κ3) is 3.43. The Bertz CT molecular complexity index is 904. The molecule has 3 aromatic rings. The van der Waals surface area contributed by atoms with Crippen molar-refractivity contribution in [3.8, 4) is 0 Å². The van der Waals surface area contributed by atoms with Crippen LogP contribution in [0.4, 0.5) is 5.69 Å². The van der Waals surface area contributed by atoms with E-state index in [0.717, 1.165) is 4.90 Å². The second-order valence-electron chi connectivity index (χ2n) is 4.95. The van der Waals surface area contributed by atoms with Crippen LogP contribution in [0.3, 0.4) is 0 Å². The van der Waals surface area contributed by atoms with Crippen molar-refractivity contribution in [2.45, 2.75) is 11.4 Å². The number of hydrogen-bond acceptors (Lipinski definition) is 4. The molecule has 3 rings (SSSR count). The van der Waals surface area contributed by atoms with Crippen LogP contribution >= 0.6 is 11.8 Å². The Morgan fingerprint density at radius 1 is 1.17 bits per heavy atom. The van der Waals surface area contributed by atoms with E-state index in [9.17, 15) is 9.59 Å². The van der Waals surface area contributed by atoms with Gasteiger partial charge in [0.1, 0.15) is 6.54 Å². The Morgan fingerprint density at radius 3 is 2.65 bits per heavy atom. The molecule has 0 unspecified atom stereocenters. The van der Waals surface area contributed by atoms with Gasteiger partial charge in [-0.25, -0.2) is 4.98 Å². The average molecular weight is 325 g/mol. The van der Waals surface area contributed by atoms with Crippen molar-refractivity contribution in [2.75, 3.05) is 11.6 Å². The third-order valence-corrected chi connectivity index (χ3v) is 4.17. The molecule has 0 saturated carbocycles. The number of carbonyl (C=O) groups is 1. The third-order valence-electron chi connectivity index (χ3n) is 3.43. The number of fused-ring (bicyclic) bond motifs is 1. The summed E-state index contributed by atoms with van der Waals surface area (Å²) in [6.07, 6.45) is 3.23. The Kier molecular flexibility index (Phi) is 4.43. The molecule has 0 aliphatic carbocycles. The fourth-order valence-corrected chi connectivity index (χ4v) is 2.70. The predicted molar refractivity (Wildman–Crippen MR) is 92.9 cm³/mol. The summed E-state index contributed by atoms with van der Waals surface area (Å²) in [5.74, 6) is -0.250. The van der Waals surface area contributed by atoms with E-state index in [4.69, 9.17) is 0 Å². The second kappa shape index (κ2) is 6.66. The van der Waals surface area contributed by atoms with Gasteiger partial charge in [0, 0.05) is 10.6 Å². The predicted octanol–water partition coefficient (Wildman–Crippen LogP) is 2.76. The minimum atomic E-state index is -0.295. The Morgan fingerprint density at radius 2 is 1.91 bits per heavy atom. The summed E-state index contributed by atoms with van der Waals surface area (Å²) < 4.78 is 1.42. The second-order valence-corrected chi connectivity index (χ2v) is 5.83. The van der Waals surface area contributed by atoms with Crippen molar-refractivity contribution in [3.63, 3.8) is 0 Å². The fraction of sp³-hybridized carbons (Fsp3) is 0.118. The van der Waals surface area contributed by atoms with Crippen LogP contribution in [-0.2, 0) is 11.3 Å². The van der Waals surface area contributed by atoms with Gasteiger partial charge in [0.25, 0.3) is 5.56 Å². The molecule has 0 fully saturated rings.